The third kappa shape index (κ3) is 10.3. The molecule has 39 heavy (non-hydrogen) atoms. The van der Waals surface area contributed by atoms with E-state index in [0.29, 0.717) is 5.56 Å². The second kappa shape index (κ2) is 14.9. The van der Waals surface area contributed by atoms with Gasteiger partial charge in [0, 0.05) is 36.5 Å². The number of para-hydroxylation sites is 1. The zero-order valence-electron chi connectivity index (χ0n) is 21.2. The number of rotatable bonds is 16. The molecule has 2 rings (SSSR count). The van der Waals surface area contributed by atoms with Gasteiger partial charge in [0.15, 0.2) is 5.96 Å². The van der Waals surface area contributed by atoms with Crippen molar-refractivity contribution in [3.05, 3.63) is 36.0 Å². The third-order valence-corrected chi connectivity index (χ3v) is 5.74. The number of hydrogen-bond acceptors (Lipinski definition) is 7. The number of hydrogen-bond donors (Lipinski definition) is 9. The Morgan fingerprint density at radius 2 is 1.69 bits per heavy atom. The smallest absolute Gasteiger partial charge is 0.326 e. The first-order valence-electron chi connectivity index (χ1n) is 12.2. The highest BCUT2D eigenvalue weighted by molar-refractivity contribution is 5.93. The van der Waals surface area contributed by atoms with Crippen LogP contribution in [0.25, 0.3) is 10.9 Å². The average molecular weight is 547 g/mol. The van der Waals surface area contributed by atoms with Crippen LogP contribution in [-0.2, 0) is 30.4 Å². The lowest BCUT2D eigenvalue weighted by Crippen LogP contribution is -2.54. The number of nitrogens with two attached hydrogens (primary N) is 3. The summed E-state index contributed by atoms with van der Waals surface area (Å²) in [6, 6.07) is 3.74. The molecule has 212 valence electrons. The molecule has 1 aromatic carbocycles. The van der Waals surface area contributed by atoms with Crippen molar-refractivity contribution < 1.29 is 34.2 Å². The lowest BCUT2D eigenvalue weighted by atomic mass is 10.0. The van der Waals surface area contributed by atoms with Crippen molar-refractivity contribution >= 4 is 46.5 Å². The summed E-state index contributed by atoms with van der Waals surface area (Å²) in [5.41, 5.74) is 17.7. The number of aliphatic carboxylic acids is 2. The molecule has 0 spiro atoms. The number of aromatic nitrogens is 1. The van der Waals surface area contributed by atoms with Crippen LogP contribution in [0.3, 0.4) is 0 Å². The quantitative estimate of drug-likeness (QED) is 0.0642. The number of carbonyl (C=O) groups excluding carboxylic acids is 3. The second-order valence-corrected chi connectivity index (χ2v) is 8.79. The number of fused-ring (bicyclic) bond motifs is 1. The van der Waals surface area contributed by atoms with Gasteiger partial charge in [-0.2, -0.15) is 0 Å². The summed E-state index contributed by atoms with van der Waals surface area (Å²) < 4.78 is 0. The summed E-state index contributed by atoms with van der Waals surface area (Å²) in [6.07, 6.45) is 1.58. The van der Waals surface area contributed by atoms with Gasteiger partial charge in [0.2, 0.25) is 17.7 Å². The average Bonchev–Trinajstić information content (AvgIpc) is 3.29. The van der Waals surface area contributed by atoms with Crippen LogP contribution >= 0.6 is 0 Å². The Balaban J connectivity index is 2.05. The van der Waals surface area contributed by atoms with Crippen molar-refractivity contribution in [2.45, 2.75) is 50.2 Å². The Morgan fingerprint density at radius 1 is 0.974 bits per heavy atom. The molecular weight excluding hydrogens is 512 g/mol. The fourth-order valence-corrected chi connectivity index (χ4v) is 3.72. The minimum atomic E-state index is -1.29. The van der Waals surface area contributed by atoms with Crippen molar-refractivity contribution in [2.75, 3.05) is 13.1 Å². The summed E-state index contributed by atoms with van der Waals surface area (Å²) in [7, 11) is 0. The highest BCUT2D eigenvalue weighted by Crippen LogP contribution is 2.19. The van der Waals surface area contributed by atoms with Crippen molar-refractivity contribution in [1.29, 1.82) is 0 Å². The molecule has 3 amide bonds. The van der Waals surface area contributed by atoms with Gasteiger partial charge in [-0.1, -0.05) is 18.2 Å². The molecule has 2 aromatic rings. The van der Waals surface area contributed by atoms with Gasteiger partial charge in [-0.15, -0.1) is 0 Å². The molecule has 0 aliphatic carbocycles. The minimum absolute atomic E-state index is 0.00988. The van der Waals surface area contributed by atoms with Gasteiger partial charge in [-0.05, 0) is 30.9 Å². The van der Waals surface area contributed by atoms with Crippen LogP contribution in [0.5, 0.6) is 0 Å². The van der Waals surface area contributed by atoms with Crippen LogP contribution in [0.2, 0.25) is 0 Å². The predicted octanol–water partition coefficient (Wildman–Crippen LogP) is -1.87. The van der Waals surface area contributed by atoms with Crippen LogP contribution in [0.15, 0.2) is 35.5 Å². The van der Waals surface area contributed by atoms with E-state index in [4.69, 9.17) is 22.3 Å². The number of benzene rings is 1. The molecule has 0 bridgehead atoms. The molecule has 12 N–H and O–H groups in total. The Kier molecular flexibility index (Phi) is 11.7. The van der Waals surface area contributed by atoms with Crippen LogP contribution < -0.4 is 33.2 Å². The van der Waals surface area contributed by atoms with Crippen LogP contribution in [0.1, 0.15) is 31.2 Å². The number of carboxylic acid groups (broad SMARTS) is 2. The van der Waals surface area contributed by atoms with Gasteiger partial charge < -0.3 is 48.3 Å². The molecule has 0 aliphatic heterocycles. The predicted molar refractivity (Wildman–Crippen MR) is 141 cm³/mol. The largest absolute Gasteiger partial charge is 0.481 e. The highest BCUT2D eigenvalue weighted by atomic mass is 16.4. The van der Waals surface area contributed by atoms with Gasteiger partial charge in [-0.25, -0.2) is 4.79 Å². The minimum Gasteiger partial charge on any atom is -0.481 e. The number of aliphatic imine (C=N–C) groups is 1. The first-order valence-corrected chi connectivity index (χ1v) is 12.2. The van der Waals surface area contributed by atoms with E-state index in [1.165, 1.54) is 0 Å². The van der Waals surface area contributed by atoms with Crippen LogP contribution in [0.4, 0.5) is 0 Å². The van der Waals surface area contributed by atoms with E-state index in [1.54, 1.807) is 6.20 Å². The Hall–Kier alpha value is -4.66. The number of H-pyrrole nitrogens is 1. The molecular formula is C24H34N8O7. The lowest BCUT2D eigenvalue weighted by Gasteiger charge is -2.22. The van der Waals surface area contributed by atoms with Gasteiger partial charge in [-0.3, -0.25) is 24.2 Å². The Bertz CT molecular complexity index is 1210. The Morgan fingerprint density at radius 3 is 2.36 bits per heavy atom. The fraction of sp³-hybridized carbons (Fsp3) is 0.417. The molecule has 1 heterocycles. The zero-order valence-corrected chi connectivity index (χ0v) is 21.2. The summed E-state index contributed by atoms with van der Waals surface area (Å²) in [4.78, 5) is 67.1. The summed E-state index contributed by atoms with van der Waals surface area (Å²) in [5, 5.41) is 26.5. The second-order valence-electron chi connectivity index (χ2n) is 8.79. The monoisotopic (exact) mass is 546 g/mol. The fourth-order valence-electron chi connectivity index (χ4n) is 3.72. The molecule has 0 aliphatic rings. The molecule has 3 atom stereocenters. The van der Waals surface area contributed by atoms with E-state index in [0.717, 1.165) is 10.9 Å². The molecule has 0 saturated carbocycles. The maximum absolute atomic E-state index is 13.1. The number of aromatic amines is 1. The molecule has 3 unspecified atom stereocenters. The molecule has 15 heteroatoms. The lowest BCUT2D eigenvalue weighted by molar-refractivity contribution is -0.142. The molecule has 15 nitrogen and oxygen atoms in total. The number of nitrogens with zero attached hydrogens (tertiary/aromatic N) is 1. The number of nitrogens with one attached hydrogen (secondary N) is 4. The van der Waals surface area contributed by atoms with E-state index in [-0.39, 0.29) is 44.6 Å². The SMILES string of the molecule is NC(N)=NCCCC(NC(=O)CNC(=O)C(N)CCC(=O)O)C(=O)NC(Cc1c[nH]c2ccccc12)C(=O)O. The zero-order chi connectivity index (χ0) is 28.9. The van der Waals surface area contributed by atoms with Gasteiger partial charge in [0.1, 0.15) is 12.1 Å². The maximum Gasteiger partial charge on any atom is 0.326 e. The first kappa shape index (κ1) is 30.6. The summed E-state index contributed by atoms with van der Waals surface area (Å²) in [6.45, 7) is -0.371. The van der Waals surface area contributed by atoms with Crippen molar-refractivity contribution in [2.24, 2.45) is 22.2 Å². The van der Waals surface area contributed by atoms with Crippen LogP contribution in [0, 0.1) is 0 Å². The van der Waals surface area contributed by atoms with Crippen molar-refractivity contribution in [3.8, 4) is 0 Å². The molecule has 0 fully saturated rings. The topological polar surface area (TPSA) is 268 Å². The summed E-state index contributed by atoms with van der Waals surface area (Å²) >= 11 is 0. The Labute approximate surface area is 223 Å². The van der Waals surface area contributed by atoms with E-state index in [2.05, 4.69) is 25.9 Å². The molecule has 0 radical (unpaired) electrons. The van der Waals surface area contributed by atoms with Crippen molar-refractivity contribution in [3.63, 3.8) is 0 Å². The number of carboxylic acids is 2. The highest BCUT2D eigenvalue weighted by Gasteiger charge is 2.27. The van der Waals surface area contributed by atoms with E-state index in [9.17, 15) is 29.1 Å². The van der Waals surface area contributed by atoms with E-state index >= 15 is 0 Å². The third-order valence-electron chi connectivity index (χ3n) is 5.74. The van der Waals surface area contributed by atoms with Gasteiger partial charge in [0.05, 0.1) is 12.6 Å². The van der Waals surface area contributed by atoms with Gasteiger partial charge in [0.25, 0.3) is 0 Å². The molecule has 1 aromatic heterocycles. The van der Waals surface area contributed by atoms with E-state index < -0.39 is 54.3 Å². The molecule has 0 saturated heterocycles. The maximum atomic E-state index is 13.1. The van der Waals surface area contributed by atoms with Gasteiger partial charge >= 0.3 is 11.9 Å². The summed E-state index contributed by atoms with van der Waals surface area (Å²) in [5.74, 6) is -4.74. The number of carbonyl (C=O) groups is 5. The standard InChI is InChI=1S/C24H34N8O7/c25-15(7-8-20(34)35)21(36)30-12-19(33)31-17(6-3-9-28-24(26)27)22(37)32-18(23(38)39)10-13-11-29-16-5-2-1-4-14(13)16/h1-2,4-5,11,15,17-18,29H,3,6-10,12,25H2,(H,30,36)(H,31,33)(H,32,37)(H,34,35)(H,38,39)(H4,26,27,28). The van der Waals surface area contributed by atoms with E-state index in [1.807, 2.05) is 24.3 Å². The normalized spacial score (nSPS) is 13.1. The first-order chi connectivity index (χ1) is 18.5. The number of guanidine groups is 1. The van der Waals surface area contributed by atoms with Crippen molar-refractivity contribution in [1.82, 2.24) is 20.9 Å². The van der Waals surface area contributed by atoms with Crippen LogP contribution in [-0.4, -0.2) is 82.0 Å². The number of amides is 3.